The fourth-order valence-electron chi connectivity index (χ4n) is 2.73. The third-order valence-corrected chi connectivity index (χ3v) is 5.94. The Morgan fingerprint density at radius 3 is 2.92 bits per heavy atom. The minimum Gasteiger partial charge on any atom is -0.480 e. The third-order valence-electron chi connectivity index (χ3n) is 3.97. The van der Waals surface area contributed by atoms with E-state index in [0.29, 0.717) is 17.1 Å². The summed E-state index contributed by atoms with van der Waals surface area (Å²) in [7, 11) is 0. The van der Waals surface area contributed by atoms with Gasteiger partial charge in [0, 0.05) is 17.1 Å². The first-order valence-electron chi connectivity index (χ1n) is 7.85. The van der Waals surface area contributed by atoms with Crippen molar-refractivity contribution in [3.63, 3.8) is 0 Å². The Bertz CT molecular complexity index is 908. The molecule has 1 fully saturated rings. The number of pyridine rings is 1. The van der Waals surface area contributed by atoms with E-state index in [0.717, 1.165) is 28.2 Å². The monoisotopic (exact) mass is 404 g/mol. The highest BCUT2D eigenvalue weighted by Crippen LogP contribution is 2.35. The summed E-state index contributed by atoms with van der Waals surface area (Å²) >= 11 is 7.97. The minimum absolute atomic E-state index is 0.281. The normalized spacial score (nSPS) is 17.3. The van der Waals surface area contributed by atoms with E-state index in [-0.39, 0.29) is 10.2 Å². The van der Waals surface area contributed by atoms with Gasteiger partial charge >= 0.3 is 5.97 Å². The highest BCUT2D eigenvalue weighted by Gasteiger charge is 2.40. The number of carbonyl (C=O) groups excluding carboxylic acids is 1. The fraction of sp³-hybridized carbons (Fsp3) is 0.222. The zero-order chi connectivity index (χ0) is 18.7. The van der Waals surface area contributed by atoms with Gasteiger partial charge in [-0.25, -0.2) is 4.79 Å². The lowest BCUT2D eigenvalue weighted by molar-refractivity contribution is -0.145. The van der Waals surface area contributed by atoms with Crippen molar-refractivity contribution in [3.8, 4) is 0 Å². The maximum absolute atomic E-state index is 12.8. The molecule has 1 aliphatic heterocycles. The zero-order valence-electron chi connectivity index (χ0n) is 13.9. The number of thioether (sulfide) groups is 2. The number of thiocarbonyl (C=S) groups is 1. The van der Waals surface area contributed by atoms with Gasteiger partial charge < -0.3 is 5.11 Å². The Hall–Kier alpha value is -1.90. The average Bonchev–Trinajstić information content (AvgIpc) is 2.90. The Balaban J connectivity index is 1.95. The summed E-state index contributed by atoms with van der Waals surface area (Å²) in [5.41, 5.74) is 1.59. The van der Waals surface area contributed by atoms with Gasteiger partial charge in [-0.15, -0.1) is 0 Å². The quantitative estimate of drug-likeness (QED) is 0.582. The predicted octanol–water partition coefficient (Wildman–Crippen LogP) is 3.64. The molecule has 0 spiro atoms. The summed E-state index contributed by atoms with van der Waals surface area (Å²) in [6.45, 7) is 0. The van der Waals surface area contributed by atoms with Crippen molar-refractivity contribution >= 4 is 68.9 Å². The van der Waals surface area contributed by atoms with Crippen molar-refractivity contribution < 1.29 is 14.7 Å². The van der Waals surface area contributed by atoms with E-state index < -0.39 is 12.0 Å². The average molecular weight is 405 g/mol. The maximum Gasteiger partial charge on any atom is 0.326 e. The maximum atomic E-state index is 12.8. The SMILES string of the molecule is CSCC[C@@H](C(=O)O)N1C(=O)/C(=C/c2cccc3cccnc23)SC1=S. The van der Waals surface area contributed by atoms with E-state index in [1.165, 1.54) is 16.7 Å². The lowest BCUT2D eigenvalue weighted by atomic mass is 10.1. The molecule has 1 aliphatic rings. The van der Waals surface area contributed by atoms with Crippen LogP contribution in [0.5, 0.6) is 0 Å². The molecule has 26 heavy (non-hydrogen) atoms. The molecule has 2 heterocycles. The van der Waals surface area contributed by atoms with E-state index >= 15 is 0 Å². The van der Waals surface area contributed by atoms with E-state index in [2.05, 4.69) is 4.98 Å². The first-order valence-corrected chi connectivity index (χ1v) is 10.5. The van der Waals surface area contributed by atoms with Crippen molar-refractivity contribution in [1.82, 2.24) is 9.88 Å². The van der Waals surface area contributed by atoms with E-state index in [1.807, 2.05) is 36.6 Å². The second kappa shape index (κ2) is 8.20. The summed E-state index contributed by atoms with van der Waals surface area (Å²) in [6, 6.07) is 8.60. The number of carboxylic acids is 1. The second-order valence-electron chi connectivity index (χ2n) is 5.61. The smallest absolute Gasteiger partial charge is 0.326 e. The van der Waals surface area contributed by atoms with Crippen molar-refractivity contribution in [2.24, 2.45) is 0 Å². The second-order valence-corrected chi connectivity index (χ2v) is 8.27. The topological polar surface area (TPSA) is 70.5 Å². The summed E-state index contributed by atoms with van der Waals surface area (Å²) < 4.78 is 0.281. The number of hydrogen-bond donors (Lipinski definition) is 1. The number of rotatable bonds is 6. The van der Waals surface area contributed by atoms with Gasteiger partial charge in [-0.1, -0.05) is 48.2 Å². The van der Waals surface area contributed by atoms with Crippen LogP contribution >= 0.6 is 35.7 Å². The van der Waals surface area contributed by atoms with Crippen LogP contribution in [0.25, 0.3) is 17.0 Å². The highest BCUT2D eigenvalue weighted by atomic mass is 32.2. The number of nitrogens with zero attached hydrogens (tertiary/aromatic N) is 2. The summed E-state index contributed by atoms with van der Waals surface area (Å²) in [5, 5.41) is 10.5. The van der Waals surface area contributed by atoms with Crippen LogP contribution < -0.4 is 0 Å². The van der Waals surface area contributed by atoms with Crippen LogP contribution in [0, 0.1) is 0 Å². The van der Waals surface area contributed by atoms with E-state index in [9.17, 15) is 14.7 Å². The van der Waals surface area contributed by atoms with Crippen molar-refractivity contribution in [3.05, 3.63) is 47.0 Å². The number of carboxylic acid groups (broad SMARTS) is 1. The number of fused-ring (bicyclic) bond motifs is 1. The largest absolute Gasteiger partial charge is 0.480 e. The van der Waals surface area contributed by atoms with Gasteiger partial charge in [-0.05, 0) is 30.6 Å². The summed E-state index contributed by atoms with van der Waals surface area (Å²) in [6.07, 6.45) is 5.69. The van der Waals surface area contributed by atoms with Gasteiger partial charge in [0.15, 0.2) is 0 Å². The molecule has 0 saturated carbocycles. The first kappa shape index (κ1) is 18.9. The summed E-state index contributed by atoms with van der Waals surface area (Å²) in [5.74, 6) is -0.759. The number of aromatic nitrogens is 1. The predicted molar refractivity (Wildman–Crippen MR) is 111 cm³/mol. The van der Waals surface area contributed by atoms with Crippen LogP contribution in [0.2, 0.25) is 0 Å². The summed E-state index contributed by atoms with van der Waals surface area (Å²) in [4.78, 5) is 30.5. The third kappa shape index (κ3) is 3.77. The van der Waals surface area contributed by atoms with Crippen molar-refractivity contribution in [2.45, 2.75) is 12.5 Å². The van der Waals surface area contributed by atoms with Gasteiger partial charge in [-0.3, -0.25) is 14.7 Å². The molecule has 1 N–H and O–H groups in total. The molecule has 134 valence electrons. The molecule has 0 radical (unpaired) electrons. The van der Waals surface area contributed by atoms with Crippen molar-refractivity contribution in [2.75, 3.05) is 12.0 Å². The minimum atomic E-state index is -1.04. The lowest BCUT2D eigenvalue weighted by Gasteiger charge is -2.22. The Morgan fingerprint density at radius 2 is 2.19 bits per heavy atom. The van der Waals surface area contributed by atoms with E-state index in [1.54, 1.807) is 12.3 Å². The van der Waals surface area contributed by atoms with Gasteiger partial charge in [0.05, 0.1) is 10.4 Å². The van der Waals surface area contributed by atoms with Gasteiger partial charge in [0.2, 0.25) is 0 Å². The highest BCUT2D eigenvalue weighted by molar-refractivity contribution is 8.26. The molecular weight excluding hydrogens is 388 g/mol. The fourth-order valence-corrected chi connectivity index (χ4v) is 4.53. The molecule has 1 saturated heterocycles. The molecule has 1 amide bonds. The molecule has 1 aromatic carbocycles. The number of amides is 1. The molecule has 5 nitrogen and oxygen atoms in total. The first-order chi connectivity index (χ1) is 12.5. The standard InChI is InChI=1S/C18H16N2O3S3/c1-25-9-7-13(17(22)23)20-16(21)14(26-18(20)24)10-12-5-2-4-11-6-3-8-19-15(11)12/h2-6,8,10,13H,7,9H2,1H3,(H,22,23)/b14-10-/t13-/m0/s1. The molecule has 0 bridgehead atoms. The van der Waals surface area contributed by atoms with Crippen molar-refractivity contribution in [1.29, 1.82) is 0 Å². The molecule has 3 rings (SSSR count). The van der Waals surface area contributed by atoms with Crippen LogP contribution in [-0.4, -0.2) is 49.2 Å². The Morgan fingerprint density at radius 1 is 1.42 bits per heavy atom. The zero-order valence-corrected chi connectivity index (χ0v) is 16.4. The van der Waals surface area contributed by atoms with Crippen LogP contribution in [-0.2, 0) is 9.59 Å². The molecule has 1 aromatic heterocycles. The number of hydrogen-bond acceptors (Lipinski definition) is 6. The van der Waals surface area contributed by atoms with Gasteiger partial charge in [0.1, 0.15) is 10.4 Å². The number of para-hydroxylation sites is 1. The van der Waals surface area contributed by atoms with Crippen LogP contribution in [0.3, 0.4) is 0 Å². The molecule has 8 heteroatoms. The Kier molecular flexibility index (Phi) is 5.95. The van der Waals surface area contributed by atoms with Gasteiger partial charge in [0.25, 0.3) is 5.91 Å². The van der Waals surface area contributed by atoms with Crippen LogP contribution in [0.1, 0.15) is 12.0 Å². The molecule has 0 aliphatic carbocycles. The lowest BCUT2D eigenvalue weighted by Crippen LogP contribution is -2.44. The molecule has 2 aromatic rings. The number of benzene rings is 1. The molecule has 0 unspecified atom stereocenters. The number of aliphatic carboxylic acids is 1. The van der Waals surface area contributed by atoms with E-state index in [4.69, 9.17) is 12.2 Å². The Labute approximate surface area is 164 Å². The molecule has 1 atom stereocenters. The van der Waals surface area contributed by atoms with Crippen LogP contribution in [0.15, 0.2) is 41.4 Å². The van der Waals surface area contributed by atoms with Gasteiger partial charge in [-0.2, -0.15) is 11.8 Å². The van der Waals surface area contributed by atoms with Crippen LogP contribution in [0.4, 0.5) is 0 Å². The number of carbonyl (C=O) groups is 2. The molecular formula is C18H16N2O3S3.